The Labute approximate surface area is 176 Å². The van der Waals surface area contributed by atoms with Gasteiger partial charge in [0, 0.05) is 30.4 Å². The molecule has 156 valence electrons. The molecule has 1 aliphatic rings. The van der Waals surface area contributed by atoms with Gasteiger partial charge in [-0.15, -0.1) is 0 Å². The highest BCUT2D eigenvalue weighted by Crippen LogP contribution is 2.39. The van der Waals surface area contributed by atoms with Crippen LogP contribution in [0, 0.1) is 6.92 Å². The van der Waals surface area contributed by atoms with Gasteiger partial charge in [-0.1, -0.05) is 29.8 Å². The quantitative estimate of drug-likeness (QED) is 0.652. The van der Waals surface area contributed by atoms with Gasteiger partial charge in [-0.2, -0.15) is 0 Å². The topological polar surface area (TPSA) is 69.7 Å². The number of hydrogen-bond acceptors (Lipinski definition) is 5. The van der Waals surface area contributed by atoms with Gasteiger partial charge in [-0.25, -0.2) is 4.98 Å². The highest BCUT2D eigenvalue weighted by atomic mass is 35.5. The van der Waals surface area contributed by atoms with E-state index in [1.54, 1.807) is 6.20 Å². The van der Waals surface area contributed by atoms with E-state index in [2.05, 4.69) is 10.3 Å². The number of nitrogens with zero attached hydrogens (tertiary/aromatic N) is 1. The molecule has 1 fully saturated rings. The third-order valence-corrected chi connectivity index (χ3v) is 5.46. The number of halogens is 1. The number of aryl methyl sites for hydroxylation is 1. The van der Waals surface area contributed by atoms with Crippen molar-refractivity contribution < 1.29 is 19.0 Å². The molecule has 0 unspecified atom stereocenters. The van der Waals surface area contributed by atoms with Crippen molar-refractivity contribution in [2.75, 3.05) is 38.4 Å². The molecule has 1 aliphatic heterocycles. The van der Waals surface area contributed by atoms with Crippen molar-refractivity contribution in [1.29, 1.82) is 0 Å². The summed E-state index contributed by atoms with van der Waals surface area (Å²) < 4.78 is 16.4. The molecule has 1 N–H and O–H groups in total. The van der Waals surface area contributed by atoms with Gasteiger partial charge < -0.3 is 19.5 Å². The summed E-state index contributed by atoms with van der Waals surface area (Å²) in [5.41, 5.74) is 1.58. The van der Waals surface area contributed by atoms with Gasteiger partial charge in [0.15, 0.2) is 0 Å². The predicted octanol–water partition coefficient (Wildman–Crippen LogP) is 4.15. The number of carbonyl (C=O) groups excluding carboxylic acids is 1. The number of anilines is 1. The predicted molar refractivity (Wildman–Crippen MR) is 113 cm³/mol. The molecule has 29 heavy (non-hydrogen) atoms. The maximum absolute atomic E-state index is 13.4. The first kappa shape index (κ1) is 21.6. The molecule has 2 heterocycles. The molecule has 7 heteroatoms. The molecule has 6 nitrogen and oxygen atoms in total. The van der Waals surface area contributed by atoms with Gasteiger partial charge in [0.2, 0.25) is 11.8 Å². The summed E-state index contributed by atoms with van der Waals surface area (Å²) in [6, 6.07) is 9.38. The Morgan fingerprint density at radius 3 is 2.72 bits per heavy atom. The number of aromatic nitrogens is 1. The van der Waals surface area contributed by atoms with Crippen LogP contribution in [0.4, 0.5) is 5.69 Å². The monoisotopic (exact) mass is 418 g/mol. The van der Waals surface area contributed by atoms with Crippen molar-refractivity contribution in [2.45, 2.75) is 32.1 Å². The summed E-state index contributed by atoms with van der Waals surface area (Å²) in [6.45, 7) is 6.47. The Morgan fingerprint density at radius 2 is 2.03 bits per heavy atom. The third kappa shape index (κ3) is 5.07. The fourth-order valence-electron chi connectivity index (χ4n) is 3.56. The SMILES string of the molecule is CCOCCOc1ncc(NC(=O)C2(c3ccccc3Cl)CCOCC2)cc1C. The highest BCUT2D eigenvalue weighted by Gasteiger charge is 2.43. The van der Waals surface area contributed by atoms with E-state index in [9.17, 15) is 4.79 Å². The second kappa shape index (κ2) is 10.1. The maximum Gasteiger partial charge on any atom is 0.235 e. The van der Waals surface area contributed by atoms with Crippen molar-refractivity contribution in [3.8, 4) is 5.88 Å². The van der Waals surface area contributed by atoms with Crippen molar-refractivity contribution in [3.05, 3.63) is 52.7 Å². The van der Waals surface area contributed by atoms with Gasteiger partial charge in [0.25, 0.3) is 0 Å². The largest absolute Gasteiger partial charge is 0.475 e. The summed E-state index contributed by atoms with van der Waals surface area (Å²) in [5.74, 6) is 0.440. The Bertz CT molecular complexity index is 837. The summed E-state index contributed by atoms with van der Waals surface area (Å²) >= 11 is 6.45. The number of hydrogen-bond donors (Lipinski definition) is 1. The van der Waals surface area contributed by atoms with Gasteiger partial charge in [0.05, 0.1) is 23.9 Å². The number of rotatable bonds is 8. The average molecular weight is 419 g/mol. The Morgan fingerprint density at radius 1 is 1.28 bits per heavy atom. The van der Waals surface area contributed by atoms with Crippen molar-refractivity contribution >= 4 is 23.2 Å². The van der Waals surface area contributed by atoms with Gasteiger partial charge in [-0.05, 0) is 44.4 Å². The van der Waals surface area contributed by atoms with Crippen molar-refractivity contribution in [3.63, 3.8) is 0 Å². The third-order valence-electron chi connectivity index (χ3n) is 5.13. The number of pyridine rings is 1. The number of nitrogens with one attached hydrogen (secondary N) is 1. The molecule has 0 saturated carbocycles. The molecule has 2 aromatic rings. The van der Waals surface area contributed by atoms with Crippen molar-refractivity contribution in [2.24, 2.45) is 0 Å². The van der Waals surface area contributed by atoms with Crippen LogP contribution in [0.3, 0.4) is 0 Å². The van der Waals surface area contributed by atoms with E-state index in [0.717, 1.165) is 11.1 Å². The Kier molecular flexibility index (Phi) is 7.47. The Balaban J connectivity index is 1.76. The standard InChI is InChI=1S/C22H27ClN2O4/c1-3-27-12-13-29-20-16(2)14-17(15-24-20)25-21(26)22(8-10-28-11-9-22)18-6-4-5-7-19(18)23/h4-7,14-15H,3,8-13H2,1-2H3,(H,25,26). The summed E-state index contributed by atoms with van der Waals surface area (Å²) in [6.07, 6.45) is 2.77. The first-order valence-corrected chi connectivity index (χ1v) is 10.3. The van der Waals surface area contributed by atoms with Gasteiger partial charge in [-0.3, -0.25) is 4.79 Å². The first-order valence-electron chi connectivity index (χ1n) is 9.88. The molecule has 1 amide bonds. The van der Waals surface area contributed by atoms with Crippen LogP contribution >= 0.6 is 11.6 Å². The number of ether oxygens (including phenoxy) is 3. The van der Waals surface area contributed by atoms with E-state index in [1.807, 2.05) is 44.2 Å². The van der Waals surface area contributed by atoms with Crippen LogP contribution in [0.2, 0.25) is 5.02 Å². The van der Waals surface area contributed by atoms with E-state index < -0.39 is 5.41 Å². The summed E-state index contributed by atoms with van der Waals surface area (Å²) in [4.78, 5) is 17.7. The molecule has 0 radical (unpaired) electrons. The fourth-order valence-corrected chi connectivity index (χ4v) is 3.88. The van der Waals surface area contributed by atoms with E-state index in [-0.39, 0.29) is 5.91 Å². The molecule has 1 saturated heterocycles. The minimum atomic E-state index is -0.725. The van der Waals surface area contributed by atoms with E-state index in [4.69, 9.17) is 25.8 Å². The summed E-state index contributed by atoms with van der Waals surface area (Å²) in [5, 5.41) is 3.62. The zero-order valence-corrected chi connectivity index (χ0v) is 17.6. The normalized spacial score (nSPS) is 15.7. The lowest BCUT2D eigenvalue weighted by Crippen LogP contribution is -2.45. The van der Waals surface area contributed by atoms with E-state index in [0.29, 0.717) is 62.5 Å². The molecule has 3 rings (SSSR count). The first-order chi connectivity index (χ1) is 14.1. The lowest BCUT2D eigenvalue weighted by molar-refractivity contribution is -0.125. The number of benzene rings is 1. The zero-order valence-electron chi connectivity index (χ0n) is 16.9. The fraction of sp³-hybridized carbons (Fsp3) is 0.455. The second-order valence-electron chi connectivity index (χ2n) is 7.02. The lowest BCUT2D eigenvalue weighted by atomic mass is 9.73. The van der Waals surface area contributed by atoms with Crippen LogP contribution in [0.15, 0.2) is 36.5 Å². The average Bonchev–Trinajstić information content (AvgIpc) is 2.73. The van der Waals surface area contributed by atoms with Crippen LogP contribution in [-0.2, 0) is 19.7 Å². The van der Waals surface area contributed by atoms with Crippen LogP contribution in [-0.4, -0.2) is 43.9 Å². The molecular formula is C22H27ClN2O4. The van der Waals surface area contributed by atoms with Crippen LogP contribution in [0.25, 0.3) is 0 Å². The molecule has 0 atom stereocenters. The second-order valence-corrected chi connectivity index (χ2v) is 7.43. The highest BCUT2D eigenvalue weighted by molar-refractivity contribution is 6.31. The number of carbonyl (C=O) groups is 1. The Hall–Kier alpha value is -2.15. The van der Waals surface area contributed by atoms with E-state index in [1.165, 1.54) is 0 Å². The maximum atomic E-state index is 13.4. The molecule has 0 bridgehead atoms. The smallest absolute Gasteiger partial charge is 0.235 e. The molecule has 0 aliphatic carbocycles. The van der Waals surface area contributed by atoms with Gasteiger partial charge in [0.1, 0.15) is 6.61 Å². The molecule has 0 spiro atoms. The minimum absolute atomic E-state index is 0.0971. The minimum Gasteiger partial charge on any atom is -0.475 e. The van der Waals surface area contributed by atoms with E-state index >= 15 is 0 Å². The van der Waals surface area contributed by atoms with Crippen LogP contribution < -0.4 is 10.1 Å². The molecule has 1 aromatic heterocycles. The van der Waals surface area contributed by atoms with Crippen molar-refractivity contribution in [1.82, 2.24) is 4.98 Å². The molecule has 1 aromatic carbocycles. The van der Waals surface area contributed by atoms with Gasteiger partial charge >= 0.3 is 0 Å². The van der Waals surface area contributed by atoms with Crippen LogP contribution in [0.1, 0.15) is 30.9 Å². The number of amides is 1. The molecular weight excluding hydrogens is 392 g/mol. The summed E-state index contributed by atoms with van der Waals surface area (Å²) in [7, 11) is 0. The zero-order chi connectivity index (χ0) is 20.7. The van der Waals surface area contributed by atoms with Crippen LogP contribution in [0.5, 0.6) is 5.88 Å². The lowest BCUT2D eigenvalue weighted by Gasteiger charge is -2.36.